The van der Waals surface area contributed by atoms with Gasteiger partial charge in [-0.15, -0.1) is 5.10 Å². The maximum absolute atomic E-state index is 12.8. The van der Waals surface area contributed by atoms with Crippen molar-refractivity contribution < 1.29 is 4.79 Å². The summed E-state index contributed by atoms with van der Waals surface area (Å²) in [5, 5.41) is 8.94. The highest BCUT2D eigenvalue weighted by atomic mass is 35.5. The van der Waals surface area contributed by atoms with Crippen LogP contribution in [-0.4, -0.2) is 38.9 Å². The Labute approximate surface area is 159 Å². The van der Waals surface area contributed by atoms with E-state index in [-0.39, 0.29) is 5.91 Å². The smallest absolute Gasteiger partial charge is 0.276 e. The van der Waals surface area contributed by atoms with Crippen molar-refractivity contribution in [2.24, 2.45) is 11.8 Å². The maximum Gasteiger partial charge on any atom is 0.276 e. The average Bonchev–Trinajstić information content (AvgIpc) is 3.34. The molecule has 2 aliphatic rings. The Morgan fingerprint density at radius 1 is 1.08 bits per heavy atom. The first kappa shape index (κ1) is 17.5. The van der Waals surface area contributed by atoms with E-state index in [0.717, 1.165) is 31.0 Å². The molecular formula is C20H25ClN4O. The van der Waals surface area contributed by atoms with Crippen molar-refractivity contribution in [1.82, 2.24) is 19.9 Å². The van der Waals surface area contributed by atoms with Crippen LogP contribution in [0.3, 0.4) is 0 Å². The zero-order valence-electron chi connectivity index (χ0n) is 15.0. The normalized spacial score (nSPS) is 21.3. The number of hydrogen-bond donors (Lipinski definition) is 0. The van der Waals surface area contributed by atoms with Gasteiger partial charge in [0.25, 0.3) is 5.91 Å². The number of nitrogens with zero attached hydrogens (tertiary/aromatic N) is 4. The first-order valence-electron chi connectivity index (χ1n) is 9.63. The average molecular weight is 373 g/mol. The molecule has 2 fully saturated rings. The highest BCUT2D eigenvalue weighted by molar-refractivity contribution is 6.30. The van der Waals surface area contributed by atoms with Crippen LogP contribution in [0.25, 0.3) is 0 Å². The van der Waals surface area contributed by atoms with Crippen LogP contribution in [-0.2, 0) is 6.54 Å². The molecule has 0 bridgehead atoms. The zero-order chi connectivity index (χ0) is 17.9. The van der Waals surface area contributed by atoms with Crippen molar-refractivity contribution in [2.75, 3.05) is 13.1 Å². The van der Waals surface area contributed by atoms with Crippen LogP contribution in [0.4, 0.5) is 0 Å². The minimum absolute atomic E-state index is 0.0191. The van der Waals surface area contributed by atoms with Gasteiger partial charge in [0.2, 0.25) is 0 Å². The van der Waals surface area contributed by atoms with Crippen molar-refractivity contribution in [3.63, 3.8) is 0 Å². The number of benzene rings is 1. The second-order valence-electron chi connectivity index (χ2n) is 7.63. The first-order valence-corrected chi connectivity index (χ1v) is 10.0. The second kappa shape index (κ2) is 7.78. The van der Waals surface area contributed by atoms with Crippen molar-refractivity contribution >= 4 is 17.5 Å². The molecule has 1 aromatic heterocycles. The number of hydrogen-bond acceptors (Lipinski definition) is 3. The molecule has 1 aromatic carbocycles. The third-order valence-corrected chi connectivity index (χ3v) is 6.10. The van der Waals surface area contributed by atoms with E-state index in [1.807, 2.05) is 29.2 Å². The summed E-state index contributed by atoms with van der Waals surface area (Å²) in [5.74, 6) is 1.50. The lowest BCUT2D eigenvalue weighted by molar-refractivity contribution is 0.0773. The number of carbonyl (C=O) groups excluding carboxylic acids is 1. The molecule has 0 spiro atoms. The largest absolute Gasteiger partial charge is 0.337 e. The number of halogens is 1. The molecule has 2 aromatic rings. The van der Waals surface area contributed by atoms with Crippen LogP contribution >= 0.6 is 11.6 Å². The molecule has 4 rings (SSSR count). The fourth-order valence-electron chi connectivity index (χ4n) is 4.37. The number of likely N-dealkylation sites (tertiary alicyclic amines) is 1. The summed E-state index contributed by atoms with van der Waals surface area (Å²) in [5.41, 5.74) is 1.53. The highest BCUT2D eigenvalue weighted by Gasteiger charge is 2.33. The van der Waals surface area contributed by atoms with Crippen LogP contribution in [0.1, 0.15) is 54.6 Å². The standard InChI is InChI=1S/C20H25ClN4O/c21-18-8-6-15(7-9-18)12-25-14-19(22-23-25)20(26)24-11-10-17(13-24)16-4-2-1-3-5-16/h6-9,14,16-17H,1-5,10-13H2/t17-/m1/s1. The van der Waals surface area contributed by atoms with Crippen molar-refractivity contribution in [1.29, 1.82) is 0 Å². The first-order chi connectivity index (χ1) is 12.7. The fourth-order valence-corrected chi connectivity index (χ4v) is 4.50. The van der Waals surface area contributed by atoms with E-state index in [0.29, 0.717) is 23.2 Å². The Bertz CT molecular complexity index is 751. The minimum Gasteiger partial charge on any atom is -0.337 e. The van der Waals surface area contributed by atoms with Gasteiger partial charge in [0.15, 0.2) is 5.69 Å². The fraction of sp³-hybridized carbons (Fsp3) is 0.550. The SMILES string of the molecule is O=C(c1cn(Cc2ccc(Cl)cc2)nn1)N1CC[C@@H](C2CCCCC2)C1. The molecule has 26 heavy (non-hydrogen) atoms. The lowest BCUT2D eigenvalue weighted by atomic mass is 9.80. The molecule has 1 amide bonds. The lowest BCUT2D eigenvalue weighted by Crippen LogP contribution is -2.30. The summed E-state index contributed by atoms with van der Waals surface area (Å²) in [7, 11) is 0. The van der Waals surface area contributed by atoms with Crippen LogP contribution in [0.2, 0.25) is 5.02 Å². The van der Waals surface area contributed by atoms with Gasteiger partial charge in [-0.25, -0.2) is 4.68 Å². The van der Waals surface area contributed by atoms with Crippen LogP contribution in [0.5, 0.6) is 0 Å². The lowest BCUT2D eigenvalue weighted by Gasteiger charge is -2.27. The highest BCUT2D eigenvalue weighted by Crippen LogP contribution is 2.35. The molecule has 6 heteroatoms. The molecule has 1 saturated heterocycles. The van der Waals surface area contributed by atoms with Gasteiger partial charge in [-0.1, -0.05) is 61.1 Å². The minimum atomic E-state index is 0.0191. The molecule has 1 aliphatic carbocycles. The number of amides is 1. The number of carbonyl (C=O) groups is 1. The Kier molecular flexibility index (Phi) is 5.25. The van der Waals surface area contributed by atoms with Gasteiger partial charge >= 0.3 is 0 Å². The van der Waals surface area contributed by atoms with Gasteiger partial charge in [0.1, 0.15) is 0 Å². The topological polar surface area (TPSA) is 51.0 Å². The van der Waals surface area contributed by atoms with E-state index in [9.17, 15) is 4.79 Å². The van der Waals surface area contributed by atoms with E-state index < -0.39 is 0 Å². The number of aromatic nitrogens is 3. The predicted molar refractivity (Wildman–Crippen MR) is 101 cm³/mol. The Morgan fingerprint density at radius 3 is 2.62 bits per heavy atom. The van der Waals surface area contributed by atoms with Gasteiger partial charge in [0.05, 0.1) is 12.7 Å². The molecule has 1 saturated carbocycles. The molecule has 5 nitrogen and oxygen atoms in total. The molecule has 1 atom stereocenters. The summed E-state index contributed by atoms with van der Waals surface area (Å²) in [6.45, 7) is 2.32. The Morgan fingerprint density at radius 2 is 1.85 bits per heavy atom. The molecule has 2 heterocycles. The predicted octanol–water partition coefficient (Wildman–Crippen LogP) is 4.02. The summed E-state index contributed by atoms with van der Waals surface area (Å²) < 4.78 is 1.71. The summed E-state index contributed by atoms with van der Waals surface area (Å²) in [6, 6.07) is 7.63. The van der Waals surface area contributed by atoms with Gasteiger partial charge in [0, 0.05) is 18.1 Å². The summed E-state index contributed by atoms with van der Waals surface area (Å²) in [4.78, 5) is 14.7. The Hall–Kier alpha value is -1.88. The quantitative estimate of drug-likeness (QED) is 0.814. The van der Waals surface area contributed by atoms with Gasteiger partial charge in [-0.2, -0.15) is 0 Å². The van der Waals surface area contributed by atoms with Crippen LogP contribution < -0.4 is 0 Å². The maximum atomic E-state index is 12.8. The van der Waals surface area contributed by atoms with Gasteiger partial charge in [-0.05, 0) is 36.0 Å². The van der Waals surface area contributed by atoms with Gasteiger partial charge in [-0.3, -0.25) is 4.79 Å². The summed E-state index contributed by atoms with van der Waals surface area (Å²) >= 11 is 5.92. The van der Waals surface area contributed by atoms with E-state index in [2.05, 4.69) is 10.3 Å². The van der Waals surface area contributed by atoms with E-state index in [1.54, 1.807) is 10.9 Å². The van der Waals surface area contributed by atoms with Crippen LogP contribution in [0.15, 0.2) is 30.5 Å². The summed E-state index contributed by atoms with van der Waals surface area (Å²) in [6.07, 6.45) is 9.65. The molecular weight excluding hydrogens is 348 g/mol. The third kappa shape index (κ3) is 3.93. The molecule has 0 unspecified atom stereocenters. The van der Waals surface area contributed by atoms with Crippen molar-refractivity contribution in [3.05, 3.63) is 46.7 Å². The van der Waals surface area contributed by atoms with E-state index >= 15 is 0 Å². The second-order valence-corrected chi connectivity index (χ2v) is 8.06. The zero-order valence-corrected chi connectivity index (χ0v) is 15.7. The van der Waals surface area contributed by atoms with Crippen LogP contribution in [0, 0.1) is 11.8 Å². The van der Waals surface area contributed by atoms with E-state index in [4.69, 9.17) is 11.6 Å². The monoisotopic (exact) mass is 372 g/mol. The third-order valence-electron chi connectivity index (χ3n) is 5.84. The molecule has 0 N–H and O–H groups in total. The Balaban J connectivity index is 1.36. The van der Waals surface area contributed by atoms with Crippen molar-refractivity contribution in [2.45, 2.75) is 45.1 Å². The number of rotatable bonds is 4. The van der Waals surface area contributed by atoms with E-state index in [1.165, 1.54) is 32.1 Å². The molecule has 138 valence electrons. The van der Waals surface area contributed by atoms with Gasteiger partial charge < -0.3 is 4.90 Å². The molecule has 0 radical (unpaired) electrons. The van der Waals surface area contributed by atoms with Crippen molar-refractivity contribution in [3.8, 4) is 0 Å². The molecule has 1 aliphatic heterocycles.